The first-order chi connectivity index (χ1) is 27.0. The zero-order chi connectivity index (χ0) is 41.9. The van der Waals surface area contributed by atoms with Gasteiger partial charge in [-0.25, -0.2) is 0 Å². The highest BCUT2D eigenvalue weighted by Gasteiger charge is 2.54. The largest absolute Gasteiger partial charge is 0.457 e. The number of nitrogens with one attached hydrogen (secondary N) is 2. The van der Waals surface area contributed by atoms with Gasteiger partial charge in [0.05, 0.1) is 36.3 Å². The van der Waals surface area contributed by atoms with Crippen LogP contribution in [-0.2, 0) is 41.6 Å². The number of hydrogen-bond donors (Lipinski definition) is 4. The van der Waals surface area contributed by atoms with Crippen molar-refractivity contribution in [2.45, 2.75) is 141 Å². The summed E-state index contributed by atoms with van der Waals surface area (Å²) in [6.45, 7) is 14.2. The van der Waals surface area contributed by atoms with E-state index in [2.05, 4.69) is 37.5 Å². The summed E-state index contributed by atoms with van der Waals surface area (Å²) >= 11 is 12.4. The third-order valence-corrected chi connectivity index (χ3v) is 11.7. The molecule has 0 aromatic heterocycles. The quantitative estimate of drug-likeness (QED) is 0.0578. The van der Waals surface area contributed by atoms with Crippen LogP contribution in [0.15, 0.2) is 84.5 Å². The first-order valence-electron chi connectivity index (χ1n) is 19.9. The lowest BCUT2D eigenvalue weighted by Gasteiger charge is -2.37. The predicted octanol–water partition coefficient (Wildman–Crippen LogP) is 7.66. The number of aliphatic hydroxyl groups is 2. The molecule has 1 fully saturated rings. The van der Waals surface area contributed by atoms with Crippen LogP contribution in [0.2, 0.25) is 10.0 Å². The van der Waals surface area contributed by atoms with Gasteiger partial charge >= 0.3 is 11.9 Å². The van der Waals surface area contributed by atoms with E-state index in [9.17, 15) is 19.8 Å². The number of ether oxygens (including phenoxy) is 4. The second-order valence-electron chi connectivity index (χ2n) is 16.1. The lowest BCUT2D eigenvalue weighted by molar-refractivity contribution is -0.157. The van der Waals surface area contributed by atoms with Crippen LogP contribution in [-0.4, -0.2) is 83.1 Å². The highest BCUT2D eigenvalue weighted by Crippen LogP contribution is 2.39. The molecule has 0 bridgehead atoms. The van der Waals surface area contributed by atoms with Crippen molar-refractivity contribution in [1.29, 1.82) is 0 Å². The van der Waals surface area contributed by atoms with Gasteiger partial charge in [-0.1, -0.05) is 92.5 Å². The van der Waals surface area contributed by atoms with E-state index in [0.29, 0.717) is 23.1 Å². The molecule has 314 valence electrons. The molecule has 0 spiro atoms. The number of benzene rings is 2. The minimum atomic E-state index is -1.46. The Morgan fingerprint density at radius 1 is 1.05 bits per heavy atom. The van der Waals surface area contributed by atoms with Gasteiger partial charge in [0.25, 0.3) is 0 Å². The Balaban J connectivity index is 1.71. The third-order valence-electron chi connectivity index (χ3n) is 11.2. The first kappa shape index (κ1) is 46.6. The summed E-state index contributed by atoms with van der Waals surface area (Å²) in [5, 5.41) is 30.9. The number of epoxide rings is 1. The van der Waals surface area contributed by atoms with E-state index < -0.39 is 41.4 Å². The monoisotopic (exact) mass is 828 g/mol. The first-order valence-corrected chi connectivity index (χ1v) is 20.7. The number of cyclic esters (lactones) is 1. The summed E-state index contributed by atoms with van der Waals surface area (Å²) < 4.78 is 23.8. The van der Waals surface area contributed by atoms with Gasteiger partial charge in [0.2, 0.25) is 0 Å². The topological polar surface area (TPSA) is 139 Å². The molecule has 4 N–H and O–H groups in total. The molecule has 2 aromatic carbocycles. The van der Waals surface area contributed by atoms with Crippen molar-refractivity contribution in [3.05, 3.63) is 106 Å². The van der Waals surface area contributed by atoms with Gasteiger partial charge in [0, 0.05) is 49.0 Å². The maximum Gasteiger partial charge on any atom is 0.309 e. The molecule has 10 nitrogen and oxygen atoms in total. The molecule has 0 saturated carbocycles. The Hall–Kier alpha value is -3.06. The molecule has 57 heavy (non-hydrogen) atoms. The van der Waals surface area contributed by atoms with Crippen LogP contribution in [0.4, 0.5) is 0 Å². The minimum absolute atomic E-state index is 0.0323. The van der Waals surface area contributed by atoms with E-state index in [1.807, 2.05) is 74.5 Å². The molecule has 0 amide bonds. The van der Waals surface area contributed by atoms with Crippen molar-refractivity contribution < 1.29 is 38.7 Å². The number of esters is 2. The van der Waals surface area contributed by atoms with Gasteiger partial charge in [-0.05, 0) is 87.1 Å². The lowest BCUT2D eigenvalue weighted by atomic mass is 9.84. The van der Waals surface area contributed by atoms with Crippen LogP contribution >= 0.6 is 23.2 Å². The smallest absolute Gasteiger partial charge is 0.309 e. The molecule has 3 unspecified atom stereocenters. The summed E-state index contributed by atoms with van der Waals surface area (Å²) in [6, 6.07) is 15.3. The second-order valence-corrected chi connectivity index (χ2v) is 16.9. The van der Waals surface area contributed by atoms with Crippen molar-refractivity contribution in [3.63, 3.8) is 0 Å². The van der Waals surface area contributed by atoms with Gasteiger partial charge in [0.15, 0.2) is 0 Å². The fourth-order valence-electron chi connectivity index (χ4n) is 7.58. The molecule has 2 heterocycles. The van der Waals surface area contributed by atoms with E-state index in [1.165, 1.54) is 6.92 Å². The van der Waals surface area contributed by atoms with Crippen LogP contribution in [0.25, 0.3) is 0 Å². The summed E-state index contributed by atoms with van der Waals surface area (Å²) in [5.41, 5.74) is 0.748. The third kappa shape index (κ3) is 13.8. The molecule has 2 aliphatic heterocycles. The number of methoxy groups -OCH3 is 1. The van der Waals surface area contributed by atoms with Crippen LogP contribution in [0.1, 0.15) is 85.3 Å². The van der Waals surface area contributed by atoms with Crippen molar-refractivity contribution >= 4 is 35.1 Å². The van der Waals surface area contributed by atoms with Gasteiger partial charge in [-0.2, -0.15) is 0 Å². The standard InChI is InChI=1S/C45H62Cl2N2O8/c1-9-37(54-8)30(4)41-42(57-41)43(48-26-32-13-17-34(46)18-14-32)44(6,49-27-33-15-19-35(47)20-16-33)23-10-11-28(2)40-29(3)12-21-38(55-31(5)50)45(7,53)24-22-36(51)25-39(52)56-40/h10-21,23,29-30,36-38,40-43,48-49,51,53H,9,22,24-27H2,1-8H3/b21-12+,23-10+,28-11+/t29-,30+,36+,37-,38-,40?,41+,42-,43?,44?,45+/m0/s1. The fraction of sp³-hybridized carbons (Fsp3) is 0.556. The molecule has 2 aromatic rings. The molecular formula is C45H62Cl2N2O8. The van der Waals surface area contributed by atoms with Gasteiger partial charge in [-0.15, -0.1) is 0 Å². The Morgan fingerprint density at radius 2 is 1.67 bits per heavy atom. The minimum Gasteiger partial charge on any atom is -0.457 e. The second kappa shape index (κ2) is 21.3. The fourth-order valence-corrected chi connectivity index (χ4v) is 7.84. The van der Waals surface area contributed by atoms with Crippen LogP contribution in [0.3, 0.4) is 0 Å². The van der Waals surface area contributed by atoms with Crippen molar-refractivity contribution in [1.82, 2.24) is 10.6 Å². The Labute approximate surface area is 349 Å². The van der Waals surface area contributed by atoms with E-state index in [-0.39, 0.29) is 55.5 Å². The highest BCUT2D eigenvalue weighted by molar-refractivity contribution is 6.30. The normalized spacial score (nSPS) is 29.3. The number of halogens is 2. The zero-order valence-corrected chi connectivity index (χ0v) is 36.1. The summed E-state index contributed by atoms with van der Waals surface area (Å²) in [5.74, 6) is -1.30. The number of aliphatic hydroxyl groups excluding tert-OH is 1. The number of allylic oxidation sites excluding steroid dienone is 2. The van der Waals surface area contributed by atoms with Gasteiger partial charge in [-0.3, -0.25) is 9.59 Å². The average molecular weight is 830 g/mol. The molecule has 0 aliphatic carbocycles. The lowest BCUT2D eigenvalue weighted by Crippen LogP contribution is -2.59. The average Bonchev–Trinajstić information content (AvgIpc) is 3.95. The van der Waals surface area contributed by atoms with Crippen molar-refractivity contribution in [2.24, 2.45) is 11.8 Å². The maximum absolute atomic E-state index is 13.1. The van der Waals surface area contributed by atoms with E-state index in [1.54, 1.807) is 26.2 Å². The molecule has 0 radical (unpaired) electrons. The number of hydrogen-bond acceptors (Lipinski definition) is 10. The molecule has 1 saturated heterocycles. The zero-order valence-electron chi connectivity index (χ0n) is 34.5. The van der Waals surface area contributed by atoms with Crippen molar-refractivity contribution in [3.8, 4) is 0 Å². The van der Waals surface area contributed by atoms with Crippen LogP contribution in [0.5, 0.6) is 0 Å². The molecule has 12 heteroatoms. The van der Waals surface area contributed by atoms with Crippen molar-refractivity contribution in [2.75, 3.05) is 7.11 Å². The Kier molecular flexibility index (Phi) is 17.4. The summed E-state index contributed by atoms with van der Waals surface area (Å²) in [7, 11) is 1.74. The summed E-state index contributed by atoms with van der Waals surface area (Å²) in [6.07, 6.45) is 7.47. The predicted molar refractivity (Wildman–Crippen MR) is 225 cm³/mol. The highest BCUT2D eigenvalue weighted by atomic mass is 35.5. The number of carbonyl (C=O) groups excluding carboxylic acids is 2. The molecule has 2 aliphatic rings. The number of rotatable bonds is 16. The SMILES string of the molecule is CC[C@H](OC)[C@@H](C)[C@H]1O[C@@H]1C(NCc1ccc(Cl)cc1)C(C)(/C=C/C=C(\C)C1OC(=O)C[C@H](O)CC[C@@](C)(O)[C@@H](OC(C)=O)/C=C/[C@@H]1C)NCc1ccc(Cl)cc1. The Bertz CT molecular complexity index is 1690. The Morgan fingerprint density at radius 3 is 2.25 bits per heavy atom. The molecule has 11 atom stereocenters. The van der Waals surface area contributed by atoms with E-state index in [4.69, 9.17) is 42.1 Å². The van der Waals surface area contributed by atoms with E-state index >= 15 is 0 Å². The van der Waals surface area contributed by atoms with Gasteiger partial charge < -0.3 is 39.8 Å². The van der Waals surface area contributed by atoms with E-state index in [0.717, 1.165) is 23.1 Å². The number of carbonyl (C=O) groups is 2. The van der Waals surface area contributed by atoms with Crippen LogP contribution in [0, 0.1) is 11.8 Å². The molecule has 4 rings (SSSR count). The molecular weight excluding hydrogens is 767 g/mol. The summed E-state index contributed by atoms with van der Waals surface area (Å²) in [4.78, 5) is 25.1. The van der Waals surface area contributed by atoms with Crippen LogP contribution < -0.4 is 10.6 Å². The van der Waals surface area contributed by atoms with Gasteiger partial charge in [0.1, 0.15) is 23.9 Å². The maximum atomic E-state index is 13.1.